The fraction of sp³-hybridized carbons (Fsp3) is 0.310. The van der Waals surface area contributed by atoms with Crippen LogP contribution < -0.4 is 5.73 Å². The second-order valence-electron chi connectivity index (χ2n) is 11.2. The Hall–Kier alpha value is -3.61. The number of benzene rings is 2. The fourth-order valence-corrected chi connectivity index (χ4v) is 4.22. The zero-order chi connectivity index (χ0) is 26.6. The van der Waals surface area contributed by atoms with Crippen LogP contribution in [0.25, 0.3) is 27.5 Å². The number of halogens is 3. The molecule has 0 fully saturated rings. The number of rotatable bonds is 3. The highest BCUT2D eigenvalue weighted by Gasteiger charge is 2.31. The Morgan fingerprint density at radius 2 is 1.33 bits per heavy atom. The van der Waals surface area contributed by atoms with E-state index < -0.39 is 17.6 Å². The molecule has 4 nitrogen and oxygen atoms in total. The van der Waals surface area contributed by atoms with Gasteiger partial charge in [-0.1, -0.05) is 53.7 Å². The van der Waals surface area contributed by atoms with Crippen LogP contribution in [0.15, 0.2) is 66.5 Å². The molecule has 0 aliphatic heterocycles. The first-order valence-corrected chi connectivity index (χ1v) is 11.8. The number of aromatic nitrogens is 2. The molecule has 0 aliphatic rings. The molecule has 0 atom stereocenters. The molecule has 0 amide bonds. The number of nitrogens with one attached hydrogen (secondary N) is 1. The van der Waals surface area contributed by atoms with Gasteiger partial charge in [0, 0.05) is 10.8 Å². The summed E-state index contributed by atoms with van der Waals surface area (Å²) < 4.78 is 40.4. The van der Waals surface area contributed by atoms with Crippen molar-refractivity contribution < 1.29 is 13.2 Å². The summed E-state index contributed by atoms with van der Waals surface area (Å²) in [5.41, 5.74) is 8.65. The predicted molar refractivity (Wildman–Crippen MR) is 141 cm³/mol. The third-order valence-electron chi connectivity index (χ3n) is 6.41. The van der Waals surface area contributed by atoms with Crippen LogP contribution in [0.4, 0.5) is 13.2 Å². The average molecular weight is 493 g/mol. The van der Waals surface area contributed by atoms with Crippen LogP contribution in [0.5, 0.6) is 0 Å². The van der Waals surface area contributed by atoms with Gasteiger partial charge in [0.25, 0.3) is 0 Å². The Kier molecular flexibility index (Phi) is 6.02. The van der Waals surface area contributed by atoms with Gasteiger partial charge in [0.2, 0.25) is 0 Å². The first-order valence-electron chi connectivity index (χ1n) is 11.8. The van der Waals surface area contributed by atoms with Crippen molar-refractivity contribution in [3.63, 3.8) is 0 Å². The molecule has 0 unspecified atom stereocenters. The number of nitrogens with two attached hydrogens (primary N) is 1. The molecular formula is C29H31F3N4. The molecule has 4 rings (SSSR count). The van der Waals surface area contributed by atoms with Crippen LogP contribution in [0.2, 0.25) is 0 Å². The van der Waals surface area contributed by atoms with E-state index in [4.69, 9.17) is 11.1 Å². The van der Waals surface area contributed by atoms with E-state index in [1.807, 2.05) is 0 Å². The van der Waals surface area contributed by atoms with Crippen LogP contribution >= 0.6 is 0 Å². The lowest BCUT2D eigenvalue weighted by atomic mass is 9.85. The molecule has 36 heavy (non-hydrogen) atoms. The van der Waals surface area contributed by atoms with Crippen molar-refractivity contribution in [3.8, 4) is 5.69 Å². The van der Waals surface area contributed by atoms with E-state index in [1.165, 1.54) is 11.1 Å². The lowest BCUT2D eigenvalue weighted by Gasteiger charge is -2.19. The first kappa shape index (κ1) is 25.5. The normalized spacial score (nSPS) is 13.5. The van der Waals surface area contributed by atoms with Crippen molar-refractivity contribution in [1.29, 1.82) is 5.41 Å². The molecule has 4 aromatic rings. The lowest BCUT2D eigenvalue weighted by Crippen LogP contribution is -2.20. The number of hydrogen-bond donors (Lipinski definition) is 2. The van der Waals surface area contributed by atoms with Crippen molar-refractivity contribution in [2.45, 2.75) is 58.5 Å². The molecule has 0 radical (unpaired) electrons. The largest absolute Gasteiger partial charge is 0.430 e. The molecule has 0 saturated carbocycles. The Balaban J connectivity index is 1.89. The maximum Gasteiger partial charge on any atom is 0.430 e. The maximum atomic E-state index is 12.8. The Morgan fingerprint density at radius 1 is 0.833 bits per heavy atom. The molecule has 2 aromatic carbocycles. The summed E-state index contributed by atoms with van der Waals surface area (Å²) >= 11 is 0. The Morgan fingerprint density at radius 3 is 1.72 bits per heavy atom. The maximum absolute atomic E-state index is 12.8. The van der Waals surface area contributed by atoms with Gasteiger partial charge in [-0.25, -0.2) is 0 Å². The first-order chi connectivity index (χ1) is 16.6. The average Bonchev–Trinajstić information content (AvgIpc) is 3.10. The highest BCUT2D eigenvalue weighted by molar-refractivity contribution is 6.10. The van der Waals surface area contributed by atoms with Gasteiger partial charge in [-0.15, -0.1) is 0 Å². The number of fused-ring (bicyclic) bond motifs is 3. The van der Waals surface area contributed by atoms with Crippen molar-refractivity contribution in [2.75, 3.05) is 0 Å². The number of pyridine rings is 1. The summed E-state index contributed by atoms with van der Waals surface area (Å²) in [6.07, 6.45) is -2.52. The fourth-order valence-electron chi connectivity index (χ4n) is 4.22. The molecule has 7 heteroatoms. The van der Waals surface area contributed by atoms with Crippen LogP contribution in [0.3, 0.4) is 0 Å². The van der Waals surface area contributed by atoms with Gasteiger partial charge in [0.15, 0.2) is 0 Å². The van der Waals surface area contributed by atoms with Gasteiger partial charge in [-0.3, -0.25) is 10.4 Å². The molecule has 2 aromatic heterocycles. The third-order valence-corrected chi connectivity index (χ3v) is 6.41. The third kappa shape index (κ3) is 4.74. The summed E-state index contributed by atoms with van der Waals surface area (Å²) in [4.78, 5) is 4.28. The minimum atomic E-state index is -4.69. The van der Waals surface area contributed by atoms with Gasteiger partial charge in [-0.2, -0.15) is 13.2 Å². The minimum absolute atomic E-state index is 0.0143. The highest BCUT2D eigenvalue weighted by atomic mass is 19.4. The van der Waals surface area contributed by atoms with E-state index in [-0.39, 0.29) is 16.5 Å². The minimum Gasteiger partial charge on any atom is -0.395 e. The number of alkyl halides is 3. The topological polar surface area (TPSA) is 67.7 Å². The zero-order valence-electron chi connectivity index (χ0n) is 21.4. The van der Waals surface area contributed by atoms with Crippen LogP contribution in [0.1, 0.15) is 58.4 Å². The van der Waals surface area contributed by atoms with Crippen LogP contribution in [-0.2, 0) is 10.8 Å². The van der Waals surface area contributed by atoms with Crippen molar-refractivity contribution in [3.05, 3.63) is 83.3 Å². The summed E-state index contributed by atoms with van der Waals surface area (Å²) in [7, 11) is 0. The molecule has 0 saturated heterocycles. The van der Waals surface area contributed by atoms with E-state index in [2.05, 4.69) is 87.5 Å². The van der Waals surface area contributed by atoms with Gasteiger partial charge in [-0.05, 0) is 64.4 Å². The smallest absolute Gasteiger partial charge is 0.395 e. The van der Waals surface area contributed by atoms with Crippen molar-refractivity contribution >= 4 is 27.5 Å². The predicted octanol–water partition coefficient (Wildman–Crippen LogP) is 7.55. The molecule has 0 spiro atoms. The van der Waals surface area contributed by atoms with E-state index in [1.54, 1.807) is 18.3 Å². The summed E-state index contributed by atoms with van der Waals surface area (Å²) in [5, 5.41) is 10.2. The lowest BCUT2D eigenvalue weighted by molar-refractivity contribution is -0.0925. The van der Waals surface area contributed by atoms with Crippen molar-refractivity contribution in [1.82, 2.24) is 9.55 Å². The van der Waals surface area contributed by atoms with Crippen LogP contribution in [-0.4, -0.2) is 21.4 Å². The molecule has 188 valence electrons. The van der Waals surface area contributed by atoms with E-state index in [0.717, 1.165) is 27.5 Å². The SMILES string of the molecule is CC(C)(C)c1ccc2c(c1)c1cc(C(C)(C)C)ccc1n2-c1ccc(C(=N)C=C(N)C(F)(F)F)nc1. The van der Waals surface area contributed by atoms with Gasteiger partial charge in [0.05, 0.1) is 34.3 Å². The second kappa shape index (κ2) is 8.50. The Labute approximate surface area is 209 Å². The van der Waals surface area contributed by atoms with E-state index >= 15 is 0 Å². The van der Waals surface area contributed by atoms with E-state index in [0.29, 0.717) is 6.08 Å². The molecule has 3 N–H and O–H groups in total. The number of hydrogen-bond acceptors (Lipinski definition) is 3. The molecule has 0 bridgehead atoms. The summed E-state index contributed by atoms with van der Waals surface area (Å²) in [6, 6.07) is 16.3. The van der Waals surface area contributed by atoms with Crippen molar-refractivity contribution in [2.24, 2.45) is 5.73 Å². The summed E-state index contributed by atoms with van der Waals surface area (Å²) in [5.74, 6) is 0. The summed E-state index contributed by atoms with van der Waals surface area (Å²) in [6.45, 7) is 13.1. The van der Waals surface area contributed by atoms with Crippen LogP contribution in [0, 0.1) is 5.41 Å². The molecule has 2 heterocycles. The molecular weight excluding hydrogens is 461 g/mol. The van der Waals surface area contributed by atoms with Gasteiger partial charge < -0.3 is 10.3 Å². The van der Waals surface area contributed by atoms with Gasteiger partial charge >= 0.3 is 6.18 Å². The highest BCUT2D eigenvalue weighted by Crippen LogP contribution is 2.37. The zero-order valence-corrected chi connectivity index (χ0v) is 21.4. The monoisotopic (exact) mass is 492 g/mol. The molecule has 0 aliphatic carbocycles. The number of nitrogens with zero attached hydrogens (tertiary/aromatic N) is 2. The van der Waals surface area contributed by atoms with Gasteiger partial charge in [0.1, 0.15) is 5.70 Å². The second-order valence-corrected chi connectivity index (χ2v) is 11.2. The van der Waals surface area contributed by atoms with E-state index in [9.17, 15) is 13.2 Å². The standard InChI is InChI=1S/C29H31F3N4/c1-27(2,3)17-7-11-24-20(13-17)21-14-18(28(4,5)6)8-12-25(21)36(24)19-9-10-23(35-16-19)22(33)15-26(34)29(30,31)32/h7-16,33H,34H2,1-6H3. The number of allylic oxidation sites excluding steroid dienone is 2. The Bertz CT molecular complexity index is 1420. The quantitative estimate of drug-likeness (QED) is 0.290.